The summed E-state index contributed by atoms with van der Waals surface area (Å²) in [5.74, 6) is 0.414. The Morgan fingerprint density at radius 2 is 1.79 bits per heavy atom. The smallest absolute Gasteiger partial charge is 0.252 e. The van der Waals surface area contributed by atoms with Crippen LogP contribution in [0.1, 0.15) is 21.5 Å². The molecule has 0 saturated carbocycles. The minimum absolute atomic E-state index is 0.279. The maximum Gasteiger partial charge on any atom is 0.252 e. The van der Waals surface area contributed by atoms with Crippen molar-refractivity contribution in [1.82, 2.24) is 0 Å². The number of para-hydroxylation sites is 1. The van der Waals surface area contributed by atoms with E-state index in [2.05, 4.69) is 0 Å². The standard InChI is InChI=1S/C15H16N2O2/c1-9-5-3-8-13(10(9)2)19-14-11(15(17)18)6-4-7-12(14)16/h3-8H,16H2,1-2H3,(H2,17,18). The van der Waals surface area contributed by atoms with Gasteiger partial charge in [0, 0.05) is 0 Å². The zero-order valence-corrected chi connectivity index (χ0v) is 10.9. The summed E-state index contributed by atoms with van der Waals surface area (Å²) in [5, 5.41) is 0. The van der Waals surface area contributed by atoms with Gasteiger partial charge in [0.15, 0.2) is 5.75 Å². The van der Waals surface area contributed by atoms with Crippen LogP contribution >= 0.6 is 0 Å². The Morgan fingerprint density at radius 3 is 2.47 bits per heavy atom. The van der Waals surface area contributed by atoms with Gasteiger partial charge in [-0.2, -0.15) is 0 Å². The van der Waals surface area contributed by atoms with Crippen molar-refractivity contribution >= 4 is 11.6 Å². The van der Waals surface area contributed by atoms with Crippen molar-refractivity contribution in [3.63, 3.8) is 0 Å². The number of ether oxygens (including phenoxy) is 1. The number of carbonyl (C=O) groups excluding carboxylic acids is 1. The second-order valence-corrected chi connectivity index (χ2v) is 4.39. The highest BCUT2D eigenvalue weighted by atomic mass is 16.5. The molecule has 0 heterocycles. The van der Waals surface area contributed by atoms with Gasteiger partial charge in [0.1, 0.15) is 5.75 Å². The molecule has 98 valence electrons. The molecule has 2 aromatic carbocycles. The van der Waals surface area contributed by atoms with Crippen LogP contribution in [-0.4, -0.2) is 5.91 Å². The largest absolute Gasteiger partial charge is 0.454 e. The summed E-state index contributed by atoms with van der Waals surface area (Å²) in [6, 6.07) is 10.7. The average Bonchev–Trinajstić information content (AvgIpc) is 2.36. The third-order valence-corrected chi connectivity index (χ3v) is 3.08. The van der Waals surface area contributed by atoms with Crippen molar-refractivity contribution in [2.45, 2.75) is 13.8 Å². The molecule has 4 N–H and O–H groups in total. The van der Waals surface area contributed by atoms with Crippen LogP contribution in [-0.2, 0) is 0 Å². The highest BCUT2D eigenvalue weighted by Gasteiger charge is 2.14. The molecule has 19 heavy (non-hydrogen) atoms. The van der Waals surface area contributed by atoms with Crippen LogP contribution in [0.3, 0.4) is 0 Å². The van der Waals surface area contributed by atoms with Crippen LogP contribution in [0.4, 0.5) is 5.69 Å². The van der Waals surface area contributed by atoms with Crippen molar-refractivity contribution in [3.05, 3.63) is 53.1 Å². The number of carbonyl (C=O) groups is 1. The highest BCUT2D eigenvalue weighted by Crippen LogP contribution is 2.33. The Bertz CT molecular complexity index is 636. The fourth-order valence-corrected chi connectivity index (χ4v) is 1.81. The van der Waals surface area contributed by atoms with Crippen LogP contribution in [0.15, 0.2) is 36.4 Å². The normalized spacial score (nSPS) is 10.2. The maximum absolute atomic E-state index is 11.4. The zero-order valence-electron chi connectivity index (χ0n) is 10.9. The Balaban J connectivity index is 2.49. The number of amides is 1. The Morgan fingerprint density at radius 1 is 1.11 bits per heavy atom. The summed E-state index contributed by atoms with van der Waals surface area (Å²) < 4.78 is 5.79. The molecule has 0 unspecified atom stereocenters. The first kappa shape index (κ1) is 13.0. The molecule has 2 rings (SSSR count). The van der Waals surface area contributed by atoms with Crippen LogP contribution in [0, 0.1) is 13.8 Å². The van der Waals surface area contributed by atoms with Crippen molar-refractivity contribution < 1.29 is 9.53 Å². The van der Waals surface area contributed by atoms with E-state index in [4.69, 9.17) is 16.2 Å². The van der Waals surface area contributed by atoms with E-state index >= 15 is 0 Å². The van der Waals surface area contributed by atoms with Crippen LogP contribution in [0.2, 0.25) is 0 Å². The van der Waals surface area contributed by atoms with Gasteiger partial charge in [-0.15, -0.1) is 0 Å². The van der Waals surface area contributed by atoms with Crippen LogP contribution in [0.25, 0.3) is 0 Å². The Kier molecular flexibility index (Phi) is 3.42. The highest BCUT2D eigenvalue weighted by molar-refractivity contribution is 5.97. The summed E-state index contributed by atoms with van der Waals surface area (Å²) in [6.45, 7) is 3.94. The van der Waals surface area contributed by atoms with E-state index in [9.17, 15) is 4.79 Å². The van der Waals surface area contributed by atoms with E-state index in [1.165, 1.54) is 0 Å². The molecule has 0 aromatic heterocycles. The lowest BCUT2D eigenvalue weighted by molar-refractivity contribution is 0.0998. The van der Waals surface area contributed by atoms with Gasteiger partial charge in [-0.1, -0.05) is 18.2 Å². The summed E-state index contributed by atoms with van der Waals surface area (Å²) in [6.07, 6.45) is 0. The topological polar surface area (TPSA) is 78.3 Å². The molecule has 0 spiro atoms. The molecular formula is C15H16N2O2. The predicted molar refractivity (Wildman–Crippen MR) is 75.4 cm³/mol. The number of primary amides is 1. The second-order valence-electron chi connectivity index (χ2n) is 4.39. The van der Waals surface area contributed by atoms with Gasteiger partial charge in [0.05, 0.1) is 11.3 Å². The lowest BCUT2D eigenvalue weighted by atomic mass is 10.1. The first-order valence-electron chi connectivity index (χ1n) is 5.93. The number of nitrogens with two attached hydrogens (primary N) is 2. The maximum atomic E-state index is 11.4. The zero-order chi connectivity index (χ0) is 14.0. The lowest BCUT2D eigenvalue weighted by Gasteiger charge is -2.14. The van der Waals surface area contributed by atoms with Crippen molar-refractivity contribution in [2.24, 2.45) is 5.73 Å². The molecule has 0 aliphatic carbocycles. The van der Waals surface area contributed by atoms with Gasteiger partial charge < -0.3 is 16.2 Å². The Hall–Kier alpha value is -2.49. The summed E-state index contributed by atoms with van der Waals surface area (Å²) in [5.41, 5.74) is 14.0. The third-order valence-electron chi connectivity index (χ3n) is 3.08. The van der Waals surface area contributed by atoms with Gasteiger partial charge in [0.25, 0.3) is 5.91 Å². The molecule has 0 atom stereocenters. The molecule has 2 aromatic rings. The molecular weight excluding hydrogens is 240 g/mol. The van der Waals surface area contributed by atoms with Crippen LogP contribution in [0.5, 0.6) is 11.5 Å². The SMILES string of the molecule is Cc1cccc(Oc2c(N)cccc2C(N)=O)c1C. The molecule has 0 radical (unpaired) electrons. The lowest BCUT2D eigenvalue weighted by Crippen LogP contribution is -2.13. The van der Waals surface area contributed by atoms with Gasteiger partial charge in [0.2, 0.25) is 0 Å². The summed E-state index contributed by atoms with van der Waals surface area (Å²) in [7, 11) is 0. The van der Waals surface area contributed by atoms with Crippen LogP contribution < -0.4 is 16.2 Å². The second kappa shape index (κ2) is 5.02. The number of hydrogen-bond donors (Lipinski definition) is 2. The first-order chi connectivity index (χ1) is 9.00. The predicted octanol–water partition coefficient (Wildman–Crippen LogP) is 2.78. The minimum Gasteiger partial charge on any atom is -0.454 e. The molecule has 0 bridgehead atoms. The summed E-state index contributed by atoms with van der Waals surface area (Å²) >= 11 is 0. The van der Waals surface area contributed by atoms with Gasteiger partial charge in [-0.05, 0) is 43.2 Å². The van der Waals surface area contributed by atoms with Gasteiger partial charge in [-0.25, -0.2) is 0 Å². The molecule has 4 nitrogen and oxygen atoms in total. The molecule has 0 fully saturated rings. The van der Waals surface area contributed by atoms with E-state index < -0.39 is 5.91 Å². The van der Waals surface area contributed by atoms with Gasteiger partial charge in [-0.3, -0.25) is 4.79 Å². The molecule has 0 aliphatic rings. The third kappa shape index (κ3) is 2.52. The van der Waals surface area contributed by atoms with E-state index in [-0.39, 0.29) is 5.56 Å². The van der Waals surface area contributed by atoms with Crippen molar-refractivity contribution in [1.29, 1.82) is 0 Å². The molecule has 0 aliphatic heterocycles. The minimum atomic E-state index is -0.562. The van der Waals surface area contributed by atoms with E-state index in [0.717, 1.165) is 11.1 Å². The number of hydrogen-bond acceptors (Lipinski definition) is 3. The molecule has 0 saturated heterocycles. The van der Waals surface area contributed by atoms with E-state index in [1.807, 2.05) is 32.0 Å². The molecule has 4 heteroatoms. The van der Waals surface area contributed by atoms with Gasteiger partial charge >= 0.3 is 0 Å². The number of rotatable bonds is 3. The number of benzene rings is 2. The number of nitrogen functional groups attached to an aromatic ring is 1. The Labute approximate surface area is 112 Å². The average molecular weight is 256 g/mol. The number of aryl methyl sites for hydroxylation is 1. The quantitative estimate of drug-likeness (QED) is 0.829. The van der Waals surface area contributed by atoms with E-state index in [0.29, 0.717) is 17.2 Å². The number of anilines is 1. The van der Waals surface area contributed by atoms with Crippen molar-refractivity contribution in [2.75, 3.05) is 5.73 Å². The monoisotopic (exact) mass is 256 g/mol. The van der Waals surface area contributed by atoms with Crippen molar-refractivity contribution in [3.8, 4) is 11.5 Å². The first-order valence-corrected chi connectivity index (χ1v) is 5.93. The fraction of sp³-hybridized carbons (Fsp3) is 0.133. The summed E-state index contributed by atoms with van der Waals surface area (Å²) in [4.78, 5) is 11.4. The van der Waals surface area contributed by atoms with E-state index in [1.54, 1.807) is 18.2 Å². The fourth-order valence-electron chi connectivity index (χ4n) is 1.81. The molecule has 1 amide bonds.